The lowest BCUT2D eigenvalue weighted by Gasteiger charge is -2.34. The zero-order chi connectivity index (χ0) is 13.2. The SMILES string of the molecule is O=C(c1ccccc1O)N1CCN(CC2CC2)CC1. The second-order valence-electron chi connectivity index (χ2n) is 5.55. The number of carbonyl (C=O) groups is 1. The number of rotatable bonds is 3. The summed E-state index contributed by atoms with van der Waals surface area (Å²) in [4.78, 5) is 16.6. The molecule has 102 valence electrons. The molecule has 0 aromatic heterocycles. The molecule has 2 aliphatic rings. The van der Waals surface area contributed by atoms with E-state index in [1.807, 2.05) is 4.90 Å². The number of para-hydroxylation sites is 1. The molecule has 1 aromatic carbocycles. The molecule has 1 aliphatic heterocycles. The predicted octanol–water partition coefficient (Wildman–Crippen LogP) is 1.56. The molecule has 3 rings (SSSR count). The van der Waals surface area contributed by atoms with E-state index < -0.39 is 0 Å². The van der Waals surface area contributed by atoms with E-state index in [1.165, 1.54) is 19.4 Å². The van der Waals surface area contributed by atoms with Crippen molar-refractivity contribution in [2.45, 2.75) is 12.8 Å². The lowest BCUT2D eigenvalue weighted by molar-refractivity contribution is 0.0629. The summed E-state index contributed by atoms with van der Waals surface area (Å²) < 4.78 is 0. The Morgan fingerprint density at radius 1 is 1.16 bits per heavy atom. The van der Waals surface area contributed by atoms with Crippen molar-refractivity contribution < 1.29 is 9.90 Å². The third kappa shape index (κ3) is 2.89. The molecule has 1 heterocycles. The number of hydrogen-bond donors (Lipinski definition) is 1. The van der Waals surface area contributed by atoms with Crippen molar-refractivity contribution in [2.75, 3.05) is 32.7 Å². The van der Waals surface area contributed by atoms with Crippen molar-refractivity contribution >= 4 is 5.91 Å². The summed E-state index contributed by atoms with van der Waals surface area (Å²) in [6.45, 7) is 4.63. The lowest BCUT2D eigenvalue weighted by Crippen LogP contribution is -2.49. The quantitative estimate of drug-likeness (QED) is 0.897. The highest BCUT2D eigenvalue weighted by atomic mass is 16.3. The first-order valence-electron chi connectivity index (χ1n) is 7.03. The van der Waals surface area contributed by atoms with E-state index in [-0.39, 0.29) is 11.7 Å². The molecule has 0 spiro atoms. The molecule has 2 fully saturated rings. The van der Waals surface area contributed by atoms with Gasteiger partial charge in [0.25, 0.3) is 5.91 Å². The van der Waals surface area contributed by atoms with Crippen LogP contribution in [0.4, 0.5) is 0 Å². The molecule has 0 bridgehead atoms. The minimum atomic E-state index is -0.0517. The number of amides is 1. The first-order chi connectivity index (χ1) is 9.24. The summed E-state index contributed by atoms with van der Waals surface area (Å²) in [5, 5.41) is 9.73. The molecule has 1 amide bonds. The normalized spacial score (nSPS) is 20.5. The van der Waals surface area contributed by atoms with Gasteiger partial charge in [0.05, 0.1) is 5.56 Å². The van der Waals surface area contributed by atoms with Crippen molar-refractivity contribution in [3.05, 3.63) is 29.8 Å². The van der Waals surface area contributed by atoms with Crippen molar-refractivity contribution in [1.29, 1.82) is 0 Å². The third-order valence-corrected chi connectivity index (χ3v) is 4.01. The highest BCUT2D eigenvalue weighted by Gasteiger charge is 2.28. The monoisotopic (exact) mass is 260 g/mol. The molecule has 0 atom stereocenters. The number of benzene rings is 1. The summed E-state index contributed by atoms with van der Waals surface area (Å²) in [6.07, 6.45) is 2.74. The second kappa shape index (κ2) is 5.21. The molecular weight excluding hydrogens is 240 g/mol. The van der Waals surface area contributed by atoms with Crippen molar-refractivity contribution in [3.63, 3.8) is 0 Å². The summed E-state index contributed by atoms with van der Waals surface area (Å²) >= 11 is 0. The minimum Gasteiger partial charge on any atom is -0.507 e. The standard InChI is InChI=1S/C15H20N2O2/c18-14-4-2-1-3-13(14)15(19)17-9-7-16(8-10-17)11-12-5-6-12/h1-4,12,18H,5-11H2. The van der Waals surface area contributed by atoms with E-state index in [9.17, 15) is 9.90 Å². The number of hydrogen-bond acceptors (Lipinski definition) is 3. The molecule has 1 N–H and O–H groups in total. The maximum Gasteiger partial charge on any atom is 0.257 e. The number of carbonyl (C=O) groups excluding carboxylic acids is 1. The van der Waals surface area contributed by atoms with Gasteiger partial charge in [-0.05, 0) is 30.9 Å². The van der Waals surface area contributed by atoms with Gasteiger partial charge in [-0.3, -0.25) is 9.69 Å². The van der Waals surface area contributed by atoms with E-state index in [0.717, 1.165) is 32.1 Å². The average Bonchev–Trinajstić information content (AvgIpc) is 3.23. The second-order valence-corrected chi connectivity index (χ2v) is 5.55. The van der Waals surface area contributed by atoms with Gasteiger partial charge in [0, 0.05) is 32.7 Å². The molecule has 1 saturated carbocycles. The number of phenolic OH excluding ortho intramolecular Hbond substituents is 1. The maximum atomic E-state index is 12.3. The van der Waals surface area contributed by atoms with E-state index in [1.54, 1.807) is 24.3 Å². The van der Waals surface area contributed by atoms with E-state index in [4.69, 9.17) is 0 Å². The lowest BCUT2D eigenvalue weighted by atomic mass is 10.1. The Balaban J connectivity index is 1.58. The molecule has 4 heteroatoms. The van der Waals surface area contributed by atoms with Gasteiger partial charge in [-0.25, -0.2) is 0 Å². The van der Waals surface area contributed by atoms with Gasteiger partial charge in [-0.1, -0.05) is 12.1 Å². The van der Waals surface area contributed by atoms with Crippen LogP contribution in [0.5, 0.6) is 5.75 Å². The fourth-order valence-electron chi connectivity index (χ4n) is 2.62. The van der Waals surface area contributed by atoms with Gasteiger partial charge in [0.2, 0.25) is 0 Å². The van der Waals surface area contributed by atoms with Crippen LogP contribution >= 0.6 is 0 Å². The van der Waals surface area contributed by atoms with E-state index in [0.29, 0.717) is 5.56 Å². The summed E-state index contributed by atoms with van der Waals surface area (Å²) in [5.74, 6) is 0.928. The van der Waals surface area contributed by atoms with Gasteiger partial charge in [0.15, 0.2) is 0 Å². The largest absolute Gasteiger partial charge is 0.507 e. The van der Waals surface area contributed by atoms with Gasteiger partial charge in [0.1, 0.15) is 5.75 Å². The maximum absolute atomic E-state index is 12.3. The van der Waals surface area contributed by atoms with Gasteiger partial charge < -0.3 is 10.0 Å². The number of aromatic hydroxyl groups is 1. The van der Waals surface area contributed by atoms with Crippen LogP contribution in [0.2, 0.25) is 0 Å². The zero-order valence-corrected chi connectivity index (χ0v) is 11.1. The van der Waals surface area contributed by atoms with Crippen LogP contribution in [0.1, 0.15) is 23.2 Å². The average molecular weight is 260 g/mol. The van der Waals surface area contributed by atoms with Gasteiger partial charge >= 0.3 is 0 Å². The van der Waals surface area contributed by atoms with Crippen LogP contribution in [0.25, 0.3) is 0 Å². The summed E-state index contributed by atoms with van der Waals surface area (Å²) in [5.41, 5.74) is 0.415. The van der Waals surface area contributed by atoms with Crippen LogP contribution < -0.4 is 0 Å². The summed E-state index contributed by atoms with van der Waals surface area (Å²) in [6, 6.07) is 6.78. The Kier molecular flexibility index (Phi) is 3.42. The Labute approximate surface area is 113 Å². The predicted molar refractivity (Wildman–Crippen MR) is 73.2 cm³/mol. The van der Waals surface area contributed by atoms with Crippen LogP contribution in [0, 0.1) is 5.92 Å². The third-order valence-electron chi connectivity index (χ3n) is 4.01. The van der Waals surface area contributed by atoms with Crippen LogP contribution in [-0.2, 0) is 0 Å². The molecule has 0 unspecified atom stereocenters. The number of phenols is 1. The minimum absolute atomic E-state index is 0.0517. The van der Waals surface area contributed by atoms with Crippen LogP contribution in [0.15, 0.2) is 24.3 Å². The Morgan fingerprint density at radius 3 is 2.47 bits per heavy atom. The van der Waals surface area contributed by atoms with Crippen molar-refractivity contribution in [1.82, 2.24) is 9.80 Å². The first-order valence-corrected chi connectivity index (χ1v) is 7.03. The number of piperazine rings is 1. The molecular formula is C15H20N2O2. The highest BCUT2D eigenvalue weighted by Crippen LogP contribution is 2.30. The summed E-state index contributed by atoms with van der Waals surface area (Å²) in [7, 11) is 0. The Hall–Kier alpha value is -1.55. The van der Waals surface area contributed by atoms with Crippen LogP contribution in [-0.4, -0.2) is 53.5 Å². The molecule has 4 nitrogen and oxygen atoms in total. The zero-order valence-electron chi connectivity index (χ0n) is 11.1. The molecule has 1 aromatic rings. The van der Waals surface area contributed by atoms with Crippen molar-refractivity contribution in [3.8, 4) is 5.75 Å². The fraction of sp³-hybridized carbons (Fsp3) is 0.533. The van der Waals surface area contributed by atoms with Crippen molar-refractivity contribution in [2.24, 2.45) is 5.92 Å². The Bertz CT molecular complexity index is 463. The molecule has 1 saturated heterocycles. The highest BCUT2D eigenvalue weighted by molar-refractivity contribution is 5.96. The smallest absolute Gasteiger partial charge is 0.257 e. The van der Waals surface area contributed by atoms with Gasteiger partial charge in [-0.15, -0.1) is 0 Å². The Morgan fingerprint density at radius 2 is 1.84 bits per heavy atom. The fourth-order valence-corrected chi connectivity index (χ4v) is 2.62. The molecule has 1 aliphatic carbocycles. The molecule has 19 heavy (non-hydrogen) atoms. The van der Waals surface area contributed by atoms with Gasteiger partial charge in [-0.2, -0.15) is 0 Å². The first kappa shape index (κ1) is 12.5. The number of nitrogens with zero attached hydrogens (tertiary/aromatic N) is 2. The topological polar surface area (TPSA) is 43.8 Å². The molecule has 0 radical (unpaired) electrons. The van der Waals surface area contributed by atoms with E-state index in [2.05, 4.69) is 4.90 Å². The van der Waals surface area contributed by atoms with Crippen LogP contribution in [0.3, 0.4) is 0 Å². The van der Waals surface area contributed by atoms with E-state index >= 15 is 0 Å².